The summed E-state index contributed by atoms with van der Waals surface area (Å²) in [6.45, 7) is 8.02. The van der Waals surface area contributed by atoms with E-state index in [4.69, 9.17) is 14.5 Å². The van der Waals surface area contributed by atoms with E-state index in [1.165, 1.54) is 6.07 Å². The lowest BCUT2D eigenvalue weighted by atomic mass is 10.2. The average Bonchev–Trinajstić information content (AvgIpc) is 3.23. The third-order valence-electron chi connectivity index (χ3n) is 5.30. The van der Waals surface area contributed by atoms with Gasteiger partial charge >= 0.3 is 6.61 Å². The fourth-order valence-electron chi connectivity index (χ4n) is 3.88. The number of hydrogen-bond acceptors (Lipinski definition) is 5. The number of hydrogen-bond donors (Lipinski definition) is 1. The first-order valence-electron chi connectivity index (χ1n) is 10.7. The molecule has 30 heavy (non-hydrogen) atoms. The van der Waals surface area contributed by atoms with E-state index in [1.54, 1.807) is 19.1 Å². The molecule has 1 atom stereocenters. The number of halogens is 2. The molecule has 2 saturated heterocycles. The summed E-state index contributed by atoms with van der Waals surface area (Å²) in [6.07, 6.45) is 1.11. The van der Waals surface area contributed by atoms with Gasteiger partial charge in [0.15, 0.2) is 17.5 Å². The number of rotatable bonds is 8. The van der Waals surface area contributed by atoms with Crippen LogP contribution >= 0.6 is 0 Å². The number of ether oxygens (including phenoxy) is 3. The summed E-state index contributed by atoms with van der Waals surface area (Å²) in [5.74, 6) is 1.22. The van der Waals surface area contributed by atoms with E-state index in [0.29, 0.717) is 24.9 Å². The summed E-state index contributed by atoms with van der Waals surface area (Å²) in [6, 6.07) is 5.50. The first-order chi connectivity index (χ1) is 14.6. The number of morpholine rings is 1. The van der Waals surface area contributed by atoms with Crippen molar-refractivity contribution >= 4 is 5.96 Å². The Labute approximate surface area is 177 Å². The van der Waals surface area contributed by atoms with E-state index >= 15 is 0 Å². The minimum Gasteiger partial charge on any atom is -0.490 e. The summed E-state index contributed by atoms with van der Waals surface area (Å²) in [4.78, 5) is 9.58. The molecule has 1 N–H and O–H groups in total. The fourth-order valence-corrected chi connectivity index (χ4v) is 3.88. The molecule has 168 valence electrons. The first kappa shape index (κ1) is 22.6. The van der Waals surface area contributed by atoms with Gasteiger partial charge < -0.3 is 24.4 Å². The van der Waals surface area contributed by atoms with Gasteiger partial charge in [0.05, 0.1) is 26.4 Å². The molecule has 0 radical (unpaired) electrons. The van der Waals surface area contributed by atoms with Crippen molar-refractivity contribution in [1.29, 1.82) is 0 Å². The van der Waals surface area contributed by atoms with Crippen molar-refractivity contribution in [2.45, 2.75) is 39.5 Å². The van der Waals surface area contributed by atoms with Crippen molar-refractivity contribution in [1.82, 2.24) is 15.1 Å². The van der Waals surface area contributed by atoms with Crippen LogP contribution in [0.2, 0.25) is 0 Å². The maximum absolute atomic E-state index is 12.6. The van der Waals surface area contributed by atoms with Crippen molar-refractivity contribution in [2.24, 2.45) is 4.99 Å². The highest BCUT2D eigenvalue weighted by Crippen LogP contribution is 2.30. The molecule has 0 aromatic heterocycles. The van der Waals surface area contributed by atoms with Gasteiger partial charge in [0.2, 0.25) is 0 Å². The first-order valence-corrected chi connectivity index (χ1v) is 10.7. The minimum absolute atomic E-state index is 0.0411. The quantitative estimate of drug-likeness (QED) is 0.509. The van der Waals surface area contributed by atoms with E-state index in [2.05, 4.69) is 26.8 Å². The zero-order valence-corrected chi connectivity index (χ0v) is 17.8. The van der Waals surface area contributed by atoms with Crippen LogP contribution in [0.15, 0.2) is 23.2 Å². The molecule has 7 nitrogen and oxygen atoms in total. The Morgan fingerprint density at radius 2 is 2.03 bits per heavy atom. The third-order valence-corrected chi connectivity index (χ3v) is 5.30. The van der Waals surface area contributed by atoms with Crippen LogP contribution in [0.3, 0.4) is 0 Å². The lowest BCUT2D eigenvalue weighted by molar-refractivity contribution is -0.0514. The molecule has 2 aliphatic rings. The van der Waals surface area contributed by atoms with Crippen LogP contribution in [-0.4, -0.2) is 81.0 Å². The highest BCUT2D eigenvalue weighted by molar-refractivity contribution is 5.80. The normalized spacial score (nSPS) is 20.6. The fraction of sp³-hybridized carbons (Fsp3) is 0.667. The van der Waals surface area contributed by atoms with Crippen LogP contribution in [0.4, 0.5) is 8.78 Å². The molecule has 3 rings (SSSR count). The van der Waals surface area contributed by atoms with Crippen LogP contribution in [-0.2, 0) is 11.3 Å². The molecule has 0 aliphatic carbocycles. The Morgan fingerprint density at radius 1 is 1.23 bits per heavy atom. The van der Waals surface area contributed by atoms with Crippen molar-refractivity contribution in [3.8, 4) is 11.5 Å². The van der Waals surface area contributed by atoms with Crippen LogP contribution < -0.4 is 14.8 Å². The smallest absolute Gasteiger partial charge is 0.387 e. The maximum Gasteiger partial charge on any atom is 0.387 e. The summed E-state index contributed by atoms with van der Waals surface area (Å²) >= 11 is 0. The van der Waals surface area contributed by atoms with Gasteiger partial charge in [-0.3, -0.25) is 4.90 Å². The average molecular weight is 427 g/mol. The molecule has 2 aliphatic heterocycles. The minimum atomic E-state index is -2.89. The lowest BCUT2D eigenvalue weighted by Gasteiger charge is -2.32. The second kappa shape index (κ2) is 11.3. The van der Waals surface area contributed by atoms with Gasteiger partial charge in [0, 0.05) is 38.8 Å². The summed E-state index contributed by atoms with van der Waals surface area (Å²) < 4.78 is 40.7. The van der Waals surface area contributed by atoms with Crippen LogP contribution in [0.25, 0.3) is 0 Å². The Hall–Kier alpha value is -2.13. The Balaban J connectivity index is 1.66. The van der Waals surface area contributed by atoms with E-state index in [0.717, 1.165) is 63.9 Å². The highest BCUT2D eigenvalue weighted by atomic mass is 19.3. The van der Waals surface area contributed by atoms with Gasteiger partial charge in [0.1, 0.15) is 0 Å². The molecule has 2 fully saturated rings. The van der Waals surface area contributed by atoms with Gasteiger partial charge in [-0.25, -0.2) is 4.99 Å². The zero-order valence-electron chi connectivity index (χ0n) is 17.8. The SMILES string of the molecule is CCNC(=NCc1ccc(OC(F)F)c(OCC)c1)N1CCC(N2CCOCC2)C1. The summed E-state index contributed by atoms with van der Waals surface area (Å²) in [5, 5.41) is 3.37. The highest BCUT2D eigenvalue weighted by Gasteiger charge is 2.30. The molecule has 1 aromatic carbocycles. The van der Waals surface area contributed by atoms with Crippen LogP contribution in [0, 0.1) is 0 Å². The molecule has 1 unspecified atom stereocenters. The maximum atomic E-state index is 12.6. The number of guanidine groups is 1. The monoisotopic (exact) mass is 426 g/mol. The molecular weight excluding hydrogens is 394 g/mol. The Kier molecular flexibility index (Phi) is 8.50. The van der Waals surface area contributed by atoms with Gasteiger partial charge in [-0.2, -0.15) is 8.78 Å². The van der Waals surface area contributed by atoms with Gasteiger partial charge in [0.25, 0.3) is 0 Å². The molecule has 0 spiro atoms. The van der Waals surface area contributed by atoms with Crippen molar-refractivity contribution < 1.29 is 23.0 Å². The second-order valence-electron chi connectivity index (χ2n) is 7.30. The number of alkyl halides is 2. The topological polar surface area (TPSA) is 58.6 Å². The summed E-state index contributed by atoms with van der Waals surface area (Å²) in [5.41, 5.74) is 0.874. The molecule has 1 aromatic rings. The molecule has 0 amide bonds. The van der Waals surface area contributed by atoms with Crippen molar-refractivity contribution in [3.63, 3.8) is 0 Å². The molecule has 9 heteroatoms. The molecule has 0 bridgehead atoms. The van der Waals surface area contributed by atoms with Crippen molar-refractivity contribution in [3.05, 3.63) is 23.8 Å². The molecular formula is C21H32F2N4O3. The van der Waals surface area contributed by atoms with Crippen LogP contribution in [0.1, 0.15) is 25.8 Å². The van der Waals surface area contributed by atoms with E-state index in [9.17, 15) is 8.78 Å². The van der Waals surface area contributed by atoms with Crippen molar-refractivity contribution in [2.75, 3.05) is 52.5 Å². The lowest BCUT2D eigenvalue weighted by Crippen LogP contribution is -2.46. The van der Waals surface area contributed by atoms with E-state index < -0.39 is 6.61 Å². The number of nitrogens with zero attached hydrogens (tertiary/aromatic N) is 3. The van der Waals surface area contributed by atoms with E-state index in [-0.39, 0.29) is 5.75 Å². The van der Waals surface area contributed by atoms with Gasteiger partial charge in [-0.05, 0) is 38.0 Å². The van der Waals surface area contributed by atoms with Crippen LogP contribution in [0.5, 0.6) is 11.5 Å². The molecule has 0 saturated carbocycles. The molecule has 2 heterocycles. The predicted octanol–water partition coefficient (Wildman–Crippen LogP) is 2.56. The van der Waals surface area contributed by atoms with Gasteiger partial charge in [-0.1, -0.05) is 6.07 Å². The standard InChI is InChI=1S/C21H32F2N4O3/c1-3-24-21(27-8-7-17(15-27)26-9-11-28-12-10-26)25-14-16-5-6-18(30-20(22)23)19(13-16)29-4-2/h5-6,13,17,20H,3-4,7-12,14-15H2,1-2H3,(H,24,25). The van der Waals surface area contributed by atoms with E-state index in [1.807, 2.05) is 0 Å². The number of likely N-dealkylation sites (tertiary alicyclic amines) is 1. The zero-order chi connectivity index (χ0) is 21.3. The number of benzene rings is 1. The Bertz CT molecular complexity index is 699. The number of nitrogens with one attached hydrogen (secondary N) is 1. The van der Waals surface area contributed by atoms with Gasteiger partial charge in [-0.15, -0.1) is 0 Å². The second-order valence-corrected chi connectivity index (χ2v) is 7.30. The number of aliphatic imine (C=N–C) groups is 1. The largest absolute Gasteiger partial charge is 0.490 e. The predicted molar refractivity (Wildman–Crippen MR) is 111 cm³/mol. The summed E-state index contributed by atoms with van der Waals surface area (Å²) in [7, 11) is 0. The Morgan fingerprint density at radius 3 is 2.73 bits per heavy atom. The third kappa shape index (κ3) is 6.18.